The molecule has 1 aliphatic rings. The van der Waals surface area contributed by atoms with E-state index in [1.807, 2.05) is 32.0 Å². The van der Waals surface area contributed by atoms with Crippen LogP contribution in [0, 0.1) is 11.8 Å². The fourth-order valence-corrected chi connectivity index (χ4v) is 3.43. The highest BCUT2D eigenvalue weighted by Crippen LogP contribution is 2.15. The van der Waals surface area contributed by atoms with Crippen molar-refractivity contribution in [1.82, 2.24) is 15.5 Å². The Morgan fingerprint density at radius 3 is 2.48 bits per heavy atom. The van der Waals surface area contributed by atoms with Gasteiger partial charge in [-0.2, -0.15) is 0 Å². The average molecular weight is 374 g/mol. The Morgan fingerprint density at radius 2 is 1.85 bits per heavy atom. The van der Waals surface area contributed by atoms with Crippen LogP contribution in [0.5, 0.6) is 0 Å². The number of likely N-dealkylation sites (tertiary alicyclic amines) is 1. The summed E-state index contributed by atoms with van der Waals surface area (Å²) in [6.07, 6.45) is 4.32. The molecule has 2 N–H and O–H groups in total. The van der Waals surface area contributed by atoms with E-state index in [2.05, 4.69) is 22.5 Å². The zero-order valence-electron chi connectivity index (χ0n) is 17.0. The summed E-state index contributed by atoms with van der Waals surface area (Å²) in [4.78, 5) is 27.6. The predicted octanol–water partition coefficient (Wildman–Crippen LogP) is 3.07. The van der Waals surface area contributed by atoms with E-state index in [-0.39, 0.29) is 17.7 Å². The number of nitrogens with zero attached hydrogens (tertiary/aromatic N) is 1. The first-order valence-electron chi connectivity index (χ1n) is 10.4. The van der Waals surface area contributed by atoms with Crippen molar-refractivity contribution in [3.8, 4) is 0 Å². The van der Waals surface area contributed by atoms with Gasteiger partial charge < -0.3 is 15.5 Å². The van der Waals surface area contributed by atoms with Crippen LogP contribution in [-0.2, 0) is 4.79 Å². The zero-order chi connectivity index (χ0) is 19.6. The number of benzene rings is 1. The second kappa shape index (κ2) is 11.1. The van der Waals surface area contributed by atoms with Crippen molar-refractivity contribution in [2.75, 3.05) is 26.2 Å². The van der Waals surface area contributed by atoms with Gasteiger partial charge in [0, 0.05) is 12.1 Å². The van der Waals surface area contributed by atoms with E-state index in [9.17, 15) is 9.59 Å². The molecule has 1 heterocycles. The second-order valence-electron chi connectivity index (χ2n) is 7.87. The van der Waals surface area contributed by atoms with E-state index >= 15 is 0 Å². The molecule has 0 bridgehead atoms. The Labute approximate surface area is 163 Å². The summed E-state index contributed by atoms with van der Waals surface area (Å²) >= 11 is 0. The lowest BCUT2D eigenvalue weighted by molar-refractivity contribution is -0.124. The molecular formula is C22H35N3O2. The number of amides is 2. The fourth-order valence-electron chi connectivity index (χ4n) is 3.43. The molecular weight excluding hydrogens is 338 g/mol. The lowest BCUT2D eigenvalue weighted by Gasteiger charge is -2.30. The Hall–Kier alpha value is -1.88. The Balaban J connectivity index is 1.79. The summed E-state index contributed by atoms with van der Waals surface area (Å²) in [5.74, 6) is 0.645. The SMILES string of the molecule is CCC(C)C(NC(=O)c1ccccc1)C(=O)NCCCN1CCC(C)CC1. The normalized spacial score (nSPS) is 17.9. The molecule has 0 radical (unpaired) electrons. The first-order valence-corrected chi connectivity index (χ1v) is 10.4. The van der Waals surface area contributed by atoms with E-state index in [0.717, 1.165) is 38.4 Å². The van der Waals surface area contributed by atoms with Gasteiger partial charge in [-0.25, -0.2) is 0 Å². The number of carbonyl (C=O) groups is 2. The highest BCUT2D eigenvalue weighted by atomic mass is 16.2. The molecule has 1 fully saturated rings. The van der Waals surface area contributed by atoms with Gasteiger partial charge in [-0.05, 0) is 62.9 Å². The lowest BCUT2D eigenvalue weighted by atomic mass is 9.97. The van der Waals surface area contributed by atoms with Crippen LogP contribution < -0.4 is 10.6 Å². The van der Waals surface area contributed by atoms with Crippen LogP contribution in [0.25, 0.3) is 0 Å². The molecule has 0 saturated carbocycles. The minimum atomic E-state index is -0.501. The molecule has 1 saturated heterocycles. The van der Waals surface area contributed by atoms with Crippen LogP contribution in [0.15, 0.2) is 30.3 Å². The van der Waals surface area contributed by atoms with Crippen LogP contribution in [0.3, 0.4) is 0 Å². The van der Waals surface area contributed by atoms with E-state index in [1.54, 1.807) is 12.1 Å². The third-order valence-electron chi connectivity index (χ3n) is 5.64. The van der Waals surface area contributed by atoms with Gasteiger partial charge in [0.05, 0.1) is 0 Å². The van der Waals surface area contributed by atoms with Gasteiger partial charge in [0.2, 0.25) is 5.91 Å². The molecule has 0 spiro atoms. The van der Waals surface area contributed by atoms with Crippen molar-refractivity contribution in [3.05, 3.63) is 35.9 Å². The van der Waals surface area contributed by atoms with E-state index in [0.29, 0.717) is 12.1 Å². The number of carbonyl (C=O) groups excluding carboxylic acids is 2. The quantitative estimate of drug-likeness (QED) is 0.654. The maximum absolute atomic E-state index is 12.7. The summed E-state index contributed by atoms with van der Waals surface area (Å²) in [5.41, 5.74) is 0.581. The highest BCUT2D eigenvalue weighted by Gasteiger charge is 2.26. The molecule has 1 aliphatic heterocycles. The third-order valence-corrected chi connectivity index (χ3v) is 5.64. The molecule has 5 nitrogen and oxygen atoms in total. The summed E-state index contributed by atoms with van der Waals surface area (Å²) < 4.78 is 0. The van der Waals surface area contributed by atoms with Gasteiger partial charge >= 0.3 is 0 Å². The van der Waals surface area contributed by atoms with Crippen molar-refractivity contribution in [1.29, 1.82) is 0 Å². The standard InChI is InChI=1S/C22H35N3O2/c1-4-18(3)20(24-21(26)19-9-6-5-7-10-19)22(27)23-13-8-14-25-15-11-17(2)12-16-25/h5-7,9-10,17-18,20H,4,8,11-16H2,1-3H3,(H,23,27)(H,24,26). The summed E-state index contributed by atoms with van der Waals surface area (Å²) in [6, 6.07) is 8.56. The Morgan fingerprint density at radius 1 is 1.19 bits per heavy atom. The summed E-state index contributed by atoms with van der Waals surface area (Å²) in [5, 5.41) is 5.94. The molecule has 2 unspecified atom stereocenters. The van der Waals surface area contributed by atoms with Gasteiger partial charge in [0.1, 0.15) is 6.04 Å². The lowest BCUT2D eigenvalue weighted by Crippen LogP contribution is -2.50. The Kier molecular flexibility index (Phi) is 8.79. The molecule has 27 heavy (non-hydrogen) atoms. The highest BCUT2D eigenvalue weighted by molar-refractivity contribution is 5.97. The Bertz CT molecular complexity index is 582. The number of piperidine rings is 1. The summed E-state index contributed by atoms with van der Waals surface area (Å²) in [7, 11) is 0. The monoisotopic (exact) mass is 373 g/mol. The van der Waals surface area contributed by atoms with Gasteiger partial charge in [0.15, 0.2) is 0 Å². The van der Waals surface area contributed by atoms with Crippen molar-refractivity contribution >= 4 is 11.8 Å². The number of nitrogens with one attached hydrogen (secondary N) is 2. The molecule has 0 aromatic heterocycles. The summed E-state index contributed by atoms with van der Waals surface area (Å²) in [6.45, 7) is 10.4. The van der Waals surface area contributed by atoms with Crippen LogP contribution in [0.1, 0.15) is 56.8 Å². The average Bonchev–Trinajstić information content (AvgIpc) is 2.70. The van der Waals surface area contributed by atoms with Crippen LogP contribution in [0.2, 0.25) is 0 Å². The minimum Gasteiger partial charge on any atom is -0.354 e. The second-order valence-corrected chi connectivity index (χ2v) is 7.87. The first kappa shape index (κ1) is 21.4. The topological polar surface area (TPSA) is 61.4 Å². The molecule has 0 aliphatic carbocycles. The van der Waals surface area contributed by atoms with Crippen molar-refractivity contribution in [2.24, 2.45) is 11.8 Å². The van der Waals surface area contributed by atoms with Gasteiger partial charge in [-0.15, -0.1) is 0 Å². The van der Waals surface area contributed by atoms with Crippen LogP contribution >= 0.6 is 0 Å². The first-order chi connectivity index (χ1) is 13.0. The maximum atomic E-state index is 12.7. The smallest absolute Gasteiger partial charge is 0.251 e. The third kappa shape index (κ3) is 6.98. The van der Waals surface area contributed by atoms with Gasteiger partial charge in [-0.1, -0.05) is 45.4 Å². The molecule has 2 atom stereocenters. The molecule has 2 rings (SSSR count). The van der Waals surface area contributed by atoms with Crippen LogP contribution in [-0.4, -0.2) is 48.9 Å². The minimum absolute atomic E-state index is 0.0825. The molecule has 5 heteroatoms. The molecule has 1 aromatic rings. The van der Waals surface area contributed by atoms with Gasteiger partial charge in [0.25, 0.3) is 5.91 Å². The van der Waals surface area contributed by atoms with Crippen molar-refractivity contribution < 1.29 is 9.59 Å². The van der Waals surface area contributed by atoms with Gasteiger partial charge in [-0.3, -0.25) is 9.59 Å². The van der Waals surface area contributed by atoms with Crippen LogP contribution in [0.4, 0.5) is 0 Å². The predicted molar refractivity (Wildman–Crippen MR) is 110 cm³/mol. The van der Waals surface area contributed by atoms with E-state index in [4.69, 9.17) is 0 Å². The largest absolute Gasteiger partial charge is 0.354 e. The molecule has 1 aromatic carbocycles. The molecule has 2 amide bonds. The van der Waals surface area contributed by atoms with E-state index in [1.165, 1.54) is 12.8 Å². The van der Waals surface area contributed by atoms with E-state index < -0.39 is 6.04 Å². The maximum Gasteiger partial charge on any atom is 0.251 e. The fraction of sp³-hybridized carbons (Fsp3) is 0.636. The number of hydrogen-bond acceptors (Lipinski definition) is 3. The number of hydrogen-bond donors (Lipinski definition) is 2. The number of rotatable bonds is 9. The zero-order valence-corrected chi connectivity index (χ0v) is 17.0. The van der Waals surface area contributed by atoms with Crippen molar-refractivity contribution in [2.45, 2.75) is 52.5 Å². The molecule has 150 valence electrons. The van der Waals surface area contributed by atoms with Crippen molar-refractivity contribution in [3.63, 3.8) is 0 Å².